The molecule has 0 saturated heterocycles. The van der Waals surface area contributed by atoms with E-state index in [2.05, 4.69) is 15.7 Å². The zero-order valence-electron chi connectivity index (χ0n) is 21.3. The summed E-state index contributed by atoms with van der Waals surface area (Å²) in [6, 6.07) is 3.87. The summed E-state index contributed by atoms with van der Waals surface area (Å²) in [7, 11) is 0. The Morgan fingerprint density at radius 2 is 1.75 bits per heavy atom. The second kappa shape index (κ2) is 12.1. The molecule has 2 N–H and O–H groups in total. The number of hydrogen-bond acceptors (Lipinski definition) is 6. The minimum absolute atomic E-state index is 0.0732. The molecular formula is C26H35FN4O5. The van der Waals surface area contributed by atoms with E-state index in [1.54, 1.807) is 0 Å². The van der Waals surface area contributed by atoms with Crippen molar-refractivity contribution in [2.24, 2.45) is 17.8 Å². The van der Waals surface area contributed by atoms with Gasteiger partial charge in [-0.1, -0.05) is 40.5 Å². The van der Waals surface area contributed by atoms with Crippen molar-refractivity contribution >= 4 is 17.6 Å². The Morgan fingerprint density at radius 1 is 1.08 bits per heavy atom. The van der Waals surface area contributed by atoms with E-state index in [1.807, 2.05) is 27.7 Å². The van der Waals surface area contributed by atoms with Gasteiger partial charge in [0.05, 0.1) is 18.5 Å². The molecule has 1 saturated carbocycles. The van der Waals surface area contributed by atoms with Crippen molar-refractivity contribution in [3.8, 4) is 0 Å². The third-order valence-corrected chi connectivity index (χ3v) is 6.22. The zero-order chi connectivity index (χ0) is 26.4. The van der Waals surface area contributed by atoms with Crippen molar-refractivity contribution in [1.29, 1.82) is 0 Å². The van der Waals surface area contributed by atoms with Gasteiger partial charge >= 0.3 is 5.76 Å². The highest BCUT2D eigenvalue weighted by molar-refractivity contribution is 5.99. The average molecular weight is 503 g/mol. The Labute approximate surface area is 209 Å². The van der Waals surface area contributed by atoms with Crippen LogP contribution in [-0.2, 0) is 11.3 Å². The molecule has 3 rings (SSSR count). The lowest BCUT2D eigenvalue weighted by molar-refractivity contribution is -0.127. The summed E-state index contributed by atoms with van der Waals surface area (Å²) in [6.07, 6.45) is 3.18. The summed E-state index contributed by atoms with van der Waals surface area (Å²) >= 11 is 0. The molecule has 196 valence electrons. The quantitative estimate of drug-likeness (QED) is 0.481. The van der Waals surface area contributed by atoms with E-state index in [9.17, 15) is 23.6 Å². The molecule has 36 heavy (non-hydrogen) atoms. The normalized spacial score (nSPS) is 18.8. The van der Waals surface area contributed by atoms with Crippen LogP contribution in [0.2, 0.25) is 0 Å². The van der Waals surface area contributed by atoms with E-state index in [0.29, 0.717) is 31.4 Å². The SMILES string of the molecule is CC(C)C[C@H](NC(=O)[C@@H]1CCCC[C@@H]1NC(=O)c1ccc(F)cc1)C(=O)c1nn(CC(C)C)c(=O)o1. The van der Waals surface area contributed by atoms with Gasteiger partial charge < -0.3 is 15.1 Å². The Morgan fingerprint density at radius 3 is 2.39 bits per heavy atom. The van der Waals surface area contributed by atoms with Gasteiger partial charge in [0.15, 0.2) is 0 Å². The van der Waals surface area contributed by atoms with Crippen LogP contribution in [-0.4, -0.2) is 39.5 Å². The minimum Gasteiger partial charge on any atom is -0.384 e. The summed E-state index contributed by atoms with van der Waals surface area (Å²) in [5.41, 5.74) is 0.306. The van der Waals surface area contributed by atoms with Crippen LogP contribution in [0.4, 0.5) is 4.39 Å². The zero-order valence-corrected chi connectivity index (χ0v) is 21.3. The number of ketones is 1. The molecule has 1 aromatic heterocycles. The summed E-state index contributed by atoms with van der Waals surface area (Å²) in [4.78, 5) is 51.3. The number of amides is 2. The first-order valence-corrected chi connectivity index (χ1v) is 12.5. The number of rotatable bonds is 10. The molecule has 0 unspecified atom stereocenters. The first-order chi connectivity index (χ1) is 17.0. The number of benzene rings is 1. The molecule has 1 aliphatic rings. The predicted octanol–water partition coefficient (Wildman–Crippen LogP) is 3.33. The Balaban J connectivity index is 1.74. The van der Waals surface area contributed by atoms with E-state index < -0.39 is 35.4 Å². The Bertz CT molecular complexity index is 1120. The van der Waals surface area contributed by atoms with Crippen LogP contribution < -0.4 is 16.4 Å². The number of nitrogens with one attached hydrogen (secondary N) is 2. The molecular weight excluding hydrogens is 467 g/mol. The fraction of sp³-hybridized carbons (Fsp3) is 0.577. The highest BCUT2D eigenvalue weighted by Crippen LogP contribution is 2.26. The van der Waals surface area contributed by atoms with Gasteiger partial charge in [-0.05, 0) is 55.4 Å². The Hall–Kier alpha value is -3.30. The first-order valence-electron chi connectivity index (χ1n) is 12.5. The van der Waals surface area contributed by atoms with Crippen molar-refractivity contribution in [2.75, 3.05) is 0 Å². The van der Waals surface area contributed by atoms with Crippen molar-refractivity contribution in [2.45, 2.75) is 78.4 Å². The smallest absolute Gasteiger partial charge is 0.384 e. The number of carbonyl (C=O) groups excluding carboxylic acids is 3. The lowest BCUT2D eigenvalue weighted by Crippen LogP contribution is -2.52. The van der Waals surface area contributed by atoms with Crippen LogP contribution in [0.25, 0.3) is 0 Å². The summed E-state index contributed by atoms with van der Waals surface area (Å²) < 4.78 is 19.4. The lowest BCUT2D eigenvalue weighted by Gasteiger charge is -2.32. The fourth-order valence-electron chi connectivity index (χ4n) is 4.47. The summed E-state index contributed by atoms with van der Waals surface area (Å²) in [5.74, 6) is -3.08. The summed E-state index contributed by atoms with van der Waals surface area (Å²) in [5, 5.41) is 9.79. The van der Waals surface area contributed by atoms with Gasteiger partial charge in [-0.3, -0.25) is 14.4 Å². The maximum Gasteiger partial charge on any atom is 0.437 e. The van der Waals surface area contributed by atoms with Gasteiger partial charge in [0.2, 0.25) is 11.7 Å². The largest absolute Gasteiger partial charge is 0.437 e. The van der Waals surface area contributed by atoms with Crippen molar-refractivity contribution in [3.05, 3.63) is 52.1 Å². The number of hydrogen-bond donors (Lipinski definition) is 2. The number of Topliss-reactive ketones (excluding diaryl/α,β-unsaturated/α-hetero) is 1. The molecule has 1 aromatic carbocycles. The van der Waals surface area contributed by atoms with Gasteiger partial charge in [0.1, 0.15) is 5.82 Å². The van der Waals surface area contributed by atoms with Gasteiger partial charge in [0, 0.05) is 11.6 Å². The summed E-state index contributed by atoms with van der Waals surface area (Å²) in [6.45, 7) is 7.99. The minimum atomic E-state index is -0.918. The first kappa shape index (κ1) is 27.3. The monoisotopic (exact) mass is 502 g/mol. The average Bonchev–Trinajstić information content (AvgIpc) is 3.18. The molecule has 1 aliphatic carbocycles. The lowest BCUT2D eigenvalue weighted by atomic mass is 9.83. The van der Waals surface area contributed by atoms with Crippen LogP contribution in [0.15, 0.2) is 33.5 Å². The molecule has 1 fully saturated rings. The van der Waals surface area contributed by atoms with Gasteiger partial charge in [-0.25, -0.2) is 9.18 Å². The van der Waals surface area contributed by atoms with E-state index in [4.69, 9.17) is 4.42 Å². The van der Waals surface area contributed by atoms with Gasteiger partial charge in [0.25, 0.3) is 11.8 Å². The number of halogens is 1. The predicted molar refractivity (Wildman–Crippen MR) is 131 cm³/mol. The third kappa shape index (κ3) is 7.11. The van der Waals surface area contributed by atoms with Crippen LogP contribution in [0.1, 0.15) is 80.8 Å². The van der Waals surface area contributed by atoms with Gasteiger partial charge in [-0.15, -0.1) is 5.10 Å². The van der Waals surface area contributed by atoms with E-state index in [-0.39, 0.29) is 29.5 Å². The van der Waals surface area contributed by atoms with Crippen molar-refractivity contribution < 1.29 is 23.2 Å². The molecule has 3 atom stereocenters. The molecule has 1 heterocycles. The van der Waals surface area contributed by atoms with E-state index >= 15 is 0 Å². The number of aromatic nitrogens is 2. The maximum absolute atomic E-state index is 13.3. The topological polar surface area (TPSA) is 123 Å². The van der Waals surface area contributed by atoms with Crippen LogP contribution in [0, 0.1) is 23.6 Å². The van der Waals surface area contributed by atoms with Crippen molar-refractivity contribution in [3.63, 3.8) is 0 Å². The highest BCUT2D eigenvalue weighted by atomic mass is 19.1. The van der Waals surface area contributed by atoms with E-state index in [0.717, 1.165) is 17.5 Å². The molecule has 2 aromatic rings. The molecule has 0 bridgehead atoms. The van der Waals surface area contributed by atoms with Crippen LogP contribution in [0.5, 0.6) is 0 Å². The third-order valence-electron chi connectivity index (χ3n) is 6.22. The second-order valence-electron chi connectivity index (χ2n) is 10.3. The molecule has 2 amide bonds. The Kier molecular flexibility index (Phi) is 9.17. The van der Waals surface area contributed by atoms with Crippen molar-refractivity contribution in [1.82, 2.24) is 20.4 Å². The number of nitrogens with zero attached hydrogens (tertiary/aromatic N) is 2. The molecule has 0 radical (unpaired) electrons. The molecule has 0 spiro atoms. The molecule has 9 nitrogen and oxygen atoms in total. The highest BCUT2D eigenvalue weighted by Gasteiger charge is 2.35. The van der Waals surface area contributed by atoms with E-state index in [1.165, 1.54) is 24.3 Å². The van der Waals surface area contributed by atoms with Crippen LogP contribution >= 0.6 is 0 Å². The van der Waals surface area contributed by atoms with Crippen LogP contribution in [0.3, 0.4) is 0 Å². The number of carbonyl (C=O) groups is 3. The molecule has 0 aliphatic heterocycles. The second-order valence-corrected chi connectivity index (χ2v) is 10.3. The molecule has 10 heteroatoms. The maximum atomic E-state index is 13.3. The standard InChI is InChI=1S/C26H35FN4O5/c1-15(2)13-21(22(32)25-30-31(14-16(3)4)26(35)36-25)29-24(34)19-7-5-6-8-20(19)28-23(33)17-9-11-18(27)12-10-17/h9-12,15-16,19-21H,5-8,13-14H2,1-4H3,(H,28,33)(H,29,34)/t19-,20+,21+/m1/s1. The fourth-order valence-corrected chi connectivity index (χ4v) is 4.47. The van der Waals surface area contributed by atoms with Gasteiger partial charge in [-0.2, -0.15) is 4.68 Å².